The van der Waals surface area contributed by atoms with Crippen molar-refractivity contribution in [2.45, 2.75) is 71.5 Å². The summed E-state index contributed by atoms with van der Waals surface area (Å²) in [7, 11) is -3.92. The van der Waals surface area contributed by atoms with Gasteiger partial charge in [-0.15, -0.1) is 11.3 Å². The maximum Gasteiger partial charge on any atom is 0.243 e. The third kappa shape index (κ3) is 8.07. The number of rotatable bonds is 11. The summed E-state index contributed by atoms with van der Waals surface area (Å²) in [5.74, 6) is -0.369. The van der Waals surface area contributed by atoms with Gasteiger partial charge >= 0.3 is 0 Å². The molecule has 0 aliphatic carbocycles. The monoisotopic (exact) mass is 562 g/mol. The molecule has 0 aliphatic heterocycles. The van der Waals surface area contributed by atoms with Crippen LogP contribution in [0.15, 0.2) is 58.9 Å². The lowest BCUT2D eigenvalue weighted by Crippen LogP contribution is -2.56. The highest BCUT2D eigenvalue weighted by Gasteiger charge is 2.34. The number of fused-ring (bicyclic) bond motifs is 1. The molecule has 0 bridgehead atoms. The minimum Gasteiger partial charge on any atom is -0.390 e. The highest BCUT2D eigenvalue weighted by molar-refractivity contribution is 7.89. The Morgan fingerprint density at radius 1 is 1.13 bits per heavy atom. The van der Waals surface area contributed by atoms with Gasteiger partial charge in [-0.05, 0) is 41.5 Å². The van der Waals surface area contributed by atoms with Crippen molar-refractivity contribution in [1.82, 2.24) is 14.6 Å². The minimum atomic E-state index is -3.92. The second kappa shape index (κ2) is 13.1. The normalized spacial score (nSPS) is 14.8. The van der Waals surface area contributed by atoms with Crippen LogP contribution in [-0.4, -0.2) is 60.0 Å². The summed E-state index contributed by atoms with van der Waals surface area (Å²) < 4.78 is 29.5. The van der Waals surface area contributed by atoms with Crippen LogP contribution >= 0.6 is 11.3 Å². The largest absolute Gasteiger partial charge is 0.390 e. The number of aliphatic hydroxyl groups excluding tert-OH is 1. The topological polar surface area (TPSA) is 126 Å². The van der Waals surface area contributed by atoms with Crippen LogP contribution in [0, 0.1) is 11.3 Å². The van der Waals surface area contributed by atoms with E-state index >= 15 is 0 Å². The van der Waals surface area contributed by atoms with Crippen LogP contribution in [0.25, 0.3) is 10.2 Å². The number of sulfonamides is 1. The molecule has 38 heavy (non-hydrogen) atoms. The molecule has 4 N–H and O–H groups in total. The second-order valence-corrected chi connectivity index (χ2v) is 13.7. The van der Waals surface area contributed by atoms with E-state index in [4.69, 9.17) is 5.73 Å². The molecule has 2 aromatic carbocycles. The molecule has 0 aliphatic rings. The van der Waals surface area contributed by atoms with Crippen LogP contribution in [0.3, 0.4) is 0 Å². The minimum absolute atomic E-state index is 0. The number of hydrogen-bond acceptors (Lipinski definition) is 7. The van der Waals surface area contributed by atoms with E-state index in [0.717, 1.165) is 15.8 Å². The average molecular weight is 563 g/mol. The molecule has 0 fully saturated rings. The summed E-state index contributed by atoms with van der Waals surface area (Å²) >= 11 is 1.37. The van der Waals surface area contributed by atoms with Crippen molar-refractivity contribution in [3.63, 3.8) is 0 Å². The fourth-order valence-corrected chi connectivity index (χ4v) is 6.42. The first-order valence-electron chi connectivity index (χ1n) is 12.4. The Morgan fingerprint density at radius 3 is 2.39 bits per heavy atom. The third-order valence-corrected chi connectivity index (χ3v) is 8.83. The van der Waals surface area contributed by atoms with E-state index in [1.807, 2.05) is 65.0 Å². The SMILES string of the molecule is C.CC(C)CN(C[C@@H](O)[C@H](Cc1ccccc1)NC(=O)[C@@H](N)C(C)(C)C)S(=O)(=O)c1ccc2ncsc2c1. The summed E-state index contributed by atoms with van der Waals surface area (Å²) in [4.78, 5) is 17.4. The molecule has 1 amide bonds. The van der Waals surface area contributed by atoms with Crippen molar-refractivity contribution in [2.24, 2.45) is 17.1 Å². The fraction of sp³-hybridized carbons (Fsp3) is 0.500. The van der Waals surface area contributed by atoms with Gasteiger partial charge in [0.2, 0.25) is 15.9 Å². The van der Waals surface area contributed by atoms with Crippen LogP contribution in [0.5, 0.6) is 0 Å². The number of carbonyl (C=O) groups excluding carboxylic acids is 1. The zero-order chi connectivity index (χ0) is 27.4. The summed E-state index contributed by atoms with van der Waals surface area (Å²) in [5.41, 5.74) is 9.02. The third-order valence-electron chi connectivity index (χ3n) is 6.21. The van der Waals surface area contributed by atoms with Crippen molar-refractivity contribution >= 4 is 37.5 Å². The van der Waals surface area contributed by atoms with Crippen molar-refractivity contribution in [1.29, 1.82) is 0 Å². The van der Waals surface area contributed by atoms with Crippen LogP contribution in [0.1, 0.15) is 47.6 Å². The number of nitrogens with one attached hydrogen (secondary N) is 1. The lowest BCUT2D eigenvalue weighted by Gasteiger charge is -2.33. The second-order valence-electron chi connectivity index (χ2n) is 10.9. The van der Waals surface area contributed by atoms with E-state index in [1.165, 1.54) is 15.6 Å². The Bertz CT molecular complexity index is 1290. The van der Waals surface area contributed by atoms with Crippen molar-refractivity contribution in [3.05, 3.63) is 59.6 Å². The Balaban J connectivity index is 0.00000507. The predicted octanol–water partition coefficient (Wildman–Crippen LogP) is 4.04. The smallest absolute Gasteiger partial charge is 0.243 e. The summed E-state index contributed by atoms with van der Waals surface area (Å²) in [5, 5.41) is 14.3. The first-order chi connectivity index (χ1) is 17.3. The molecule has 10 heteroatoms. The Hall–Kier alpha value is -2.37. The lowest BCUT2D eigenvalue weighted by molar-refractivity contribution is -0.126. The molecule has 0 saturated heterocycles. The Kier molecular flexibility index (Phi) is 11.0. The molecule has 3 rings (SSSR count). The number of thiazole rings is 1. The zero-order valence-corrected chi connectivity index (χ0v) is 23.7. The van der Waals surface area contributed by atoms with Crippen LogP contribution in [0.2, 0.25) is 0 Å². The van der Waals surface area contributed by atoms with Gasteiger partial charge in [0.05, 0.1) is 38.8 Å². The van der Waals surface area contributed by atoms with Gasteiger partial charge < -0.3 is 16.2 Å². The van der Waals surface area contributed by atoms with E-state index in [0.29, 0.717) is 6.42 Å². The predicted molar refractivity (Wildman–Crippen MR) is 155 cm³/mol. The van der Waals surface area contributed by atoms with Crippen molar-refractivity contribution in [3.8, 4) is 0 Å². The number of hydrogen-bond donors (Lipinski definition) is 3. The zero-order valence-electron chi connectivity index (χ0n) is 22.1. The first kappa shape index (κ1) is 31.8. The average Bonchev–Trinajstić information content (AvgIpc) is 3.30. The number of nitrogens with zero attached hydrogens (tertiary/aromatic N) is 2. The number of amides is 1. The van der Waals surface area contributed by atoms with Crippen LogP contribution in [-0.2, 0) is 21.2 Å². The molecule has 0 saturated carbocycles. The lowest BCUT2D eigenvalue weighted by atomic mass is 9.86. The molecular weight excluding hydrogens is 520 g/mol. The van der Waals surface area contributed by atoms with E-state index in [2.05, 4.69) is 10.3 Å². The molecule has 210 valence electrons. The van der Waals surface area contributed by atoms with Crippen LogP contribution < -0.4 is 11.1 Å². The number of benzene rings is 2. The van der Waals surface area contributed by atoms with Gasteiger partial charge in [0, 0.05) is 13.1 Å². The highest BCUT2D eigenvalue weighted by atomic mass is 32.2. The molecule has 8 nitrogen and oxygen atoms in total. The van der Waals surface area contributed by atoms with E-state index < -0.39 is 33.6 Å². The summed E-state index contributed by atoms with van der Waals surface area (Å²) in [6, 6.07) is 12.8. The van der Waals surface area contributed by atoms with Crippen molar-refractivity contribution < 1.29 is 18.3 Å². The standard InChI is InChI=1S/C27H38N4O4S2.CH4/c1-18(2)15-31(37(34,35)20-11-12-21-24(14-20)36-17-29-21)16-23(32)22(13-19-9-7-6-8-10-19)30-26(33)25(28)27(3,4)5;/h6-12,14,17-18,22-23,25,32H,13,15-16,28H2,1-5H3,(H,30,33);1H4/t22-,23+,25+;/m0./s1. The van der Waals surface area contributed by atoms with Crippen LogP contribution in [0.4, 0.5) is 0 Å². The Morgan fingerprint density at radius 2 is 1.79 bits per heavy atom. The summed E-state index contributed by atoms with van der Waals surface area (Å²) in [6.45, 7) is 9.50. The molecule has 1 heterocycles. The van der Waals surface area contributed by atoms with E-state index in [1.54, 1.807) is 23.7 Å². The van der Waals surface area contributed by atoms with Gasteiger partial charge in [-0.25, -0.2) is 13.4 Å². The number of carbonyl (C=O) groups is 1. The first-order valence-corrected chi connectivity index (χ1v) is 14.7. The number of nitrogens with two attached hydrogens (primary N) is 1. The van der Waals surface area contributed by atoms with E-state index in [-0.39, 0.29) is 37.2 Å². The van der Waals surface area contributed by atoms with Gasteiger partial charge in [-0.2, -0.15) is 4.31 Å². The number of aliphatic hydroxyl groups is 1. The van der Waals surface area contributed by atoms with Crippen molar-refractivity contribution in [2.75, 3.05) is 13.1 Å². The van der Waals surface area contributed by atoms with Gasteiger partial charge in [-0.3, -0.25) is 4.79 Å². The molecular formula is C28H42N4O4S2. The number of aromatic nitrogens is 1. The molecule has 0 radical (unpaired) electrons. The van der Waals surface area contributed by atoms with Gasteiger partial charge in [0.1, 0.15) is 0 Å². The van der Waals surface area contributed by atoms with E-state index in [9.17, 15) is 18.3 Å². The van der Waals surface area contributed by atoms with Gasteiger partial charge in [0.15, 0.2) is 0 Å². The molecule has 1 aromatic heterocycles. The van der Waals surface area contributed by atoms with Gasteiger partial charge in [0.25, 0.3) is 0 Å². The maximum atomic E-state index is 13.7. The highest BCUT2D eigenvalue weighted by Crippen LogP contribution is 2.25. The molecule has 3 atom stereocenters. The molecule has 0 spiro atoms. The quantitative estimate of drug-likeness (QED) is 0.324. The Labute approximate surface area is 231 Å². The van der Waals surface area contributed by atoms with Gasteiger partial charge in [-0.1, -0.05) is 72.4 Å². The molecule has 0 unspecified atom stereocenters. The summed E-state index contributed by atoms with van der Waals surface area (Å²) in [6.07, 6.45) is -0.843. The molecule has 3 aromatic rings. The fourth-order valence-electron chi connectivity index (χ4n) is 3.98. The maximum absolute atomic E-state index is 13.7.